The lowest BCUT2D eigenvalue weighted by Crippen LogP contribution is -1.94. The van der Waals surface area contributed by atoms with Gasteiger partial charge in [-0.05, 0) is 46.6 Å². The smallest absolute Gasteiger partial charge is 0.0131 e. The molecule has 1 atom stereocenters. The van der Waals surface area contributed by atoms with Crippen LogP contribution in [0.3, 0.4) is 0 Å². The Hall–Kier alpha value is -0.0500. The first-order valence-corrected chi connectivity index (χ1v) is 5.14. The topological polar surface area (TPSA) is 0 Å². The first-order valence-electron chi connectivity index (χ1n) is 4.06. The molecular weight excluding hydrogens is 247 g/mol. The van der Waals surface area contributed by atoms with Gasteiger partial charge in [0.15, 0.2) is 0 Å². The molecule has 11 heavy (non-hydrogen) atoms. The number of allylic oxidation sites excluding steroid dienone is 6. The average molecular weight is 258 g/mol. The van der Waals surface area contributed by atoms with Crippen molar-refractivity contribution in [2.75, 3.05) is 0 Å². The van der Waals surface area contributed by atoms with Crippen molar-refractivity contribution < 1.29 is 0 Å². The van der Waals surface area contributed by atoms with Crippen molar-refractivity contribution in [3.05, 3.63) is 33.0 Å². The summed E-state index contributed by atoms with van der Waals surface area (Å²) in [6.45, 7) is 2.27. The van der Waals surface area contributed by atoms with Gasteiger partial charge in [0.2, 0.25) is 0 Å². The second-order valence-electron chi connectivity index (χ2n) is 3.18. The maximum atomic E-state index is 2.45. The van der Waals surface area contributed by atoms with E-state index < -0.39 is 0 Å². The highest BCUT2D eigenvalue weighted by molar-refractivity contribution is 14.1. The average Bonchev–Trinajstić information content (AvgIpc) is 2.30. The monoisotopic (exact) mass is 258 g/mol. The Morgan fingerprint density at radius 1 is 1.55 bits per heavy atom. The van der Waals surface area contributed by atoms with Crippen LogP contribution in [0.1, 0.15) is 19.8 Å². The van der Waals surface area contributed by atoms with Crippen molar-refractivity contribution >= 4 is 22.6 Å². The first kappa shape index (κ1) is 7.59. The summed E-state index contributed by atoms with van der Waals surface area (Å²) in [6.07, 6.45) is 9.43. The zero-order chi connectivity index (χ0) is 7.84. The molecule has 0 aromatic heterocycles. The maximum absolute atomic E-state index is 2.45. The van der Waals surface area contributed by atoms with E-state index in [1.165, 1.54) is 16.4 Å². The van der Waals surface area contributed by atoms with Gasteiger partial charge in [-0.3, -0.25) is 0 Å². The number of hydrogen-bond donors (Lipinski definition) is 0. The molecule has 0 fully saturated rings. The minimum absolute atomic E-state index is 0.661. The molecule has 0 saturated heterocycles. The van der Waals surface area contributed by atoms with Gasteiger partial charge < -0.3 is 0 Å². The summed E-state index contributed by atoms with van der Waals surface area (Å²) in [7, 11) is 0. The molecule has 0 aliphatic heterocycles. The van der Waals surface area contributed by atoms with Crippen molar-refractivity contribution in [3.8, 4) is 0 Å². The molecule has 0 spiro atoms. The van der Waals surface area contributed by atoms with E-state index >= 15 is 0 Å². The van der Waals surface area contributed by atoms with Crippen LogP contribution in [0.15, 0.2) is 33.0 Å². The van der Waals surface area contributed by atoms with Gasteiger partial charge in [-0.1, -0.05) is 25.2 Å². The maximum Gasteiger partial charge on any atom is 0.0131 e. The Morgan fingerprint density at radius 2 is 2.36 bits per heavy atom. The van der Waals surface area contributed by atoms with Crippen LogP contribution in [-0.2, 0) is 0 Å². The molecule has 1 unspecified atom stereocenters. The van der Waals surface area contributed by atoms with Gasteiger partial charge in [0.05, 0.1) is 0 Å². The second kappa shape index (κ2) is 2.77. The molecule has 0 aromatic carbocycles. The molecule has 0 heterocycles. The van der Waals surface area contributed by atoms with Crippen molar-refractivity contribution in [2.24, 2.45) is 5.92 Å². The van der Waals surface area contributed by atoms with Crippen molar-refractivity contribution in [2.45, 2.75) is 19.8 Å². The van der Waals surface area contributed by atoms with Gasteiger partial charge >= 0.3 is 0 Å². The van der Waals surface area contributed by atoms with E-state index in [1.807, 2.05) is 0 Å². The Bertz CT molecular complexity index is 269. The predicted molar refractivity (Wildman–Crippen MR) is 56.7 cm³/mol. The molecule has 0 amide bonds. The normalized spacial score (nSPS) is 28.9. The van der Waals surface area contributed by atoms with Crippen LogP contribution in [-0.4, -0.2) is 0 Å². The van der Waals surface area contributed by atoms with Gasteiger partial charge in [0.25, 0.3) is 0 Å². The highest BCUT2D eigenvalue weighted by Crippen LogP contribution is 2.39. The zero-order valence-corrected chi connectivity index (χ0v) is 8.76. The van der Waals surface area contributed by atoms with Crippen LogP contribution in [0, 0.1) is 5.92 Å². The largest absolute Gasteiger partial charge is 0.0839 e. The molecule has 2 aliphatic rings. The number of rotatable bonds is 0. The van der Waals surface area contributed by atoms with Gasteiger partial charge in [-0.2, -0.15) is 0 Å². The summed E-state index contributed by atoms with van der Waals surface area (Å²) in [6, 6.07) is 0. The lowest BCUT2D eigenvalue weighted by molar-refractivity contribution is 0.870. The molecule has 0 N–H and O–H groups in total. The van der Waals surface area contributed by atoms with Gasteiger partial charge in [-0.25, -0.2) is 0 Å². The minimum Gasteiger partial charge on any atom is -0.0839 e. The van der Waals surface area contributed by atoms with Crippen LogP contribution < -0.4 is 0 Å². The molecule has 1 heteroatoms. The fourth-order valence-electron chi connectivity index (χ4n) is 1.78. The van der Waals surface area contributed by atoms with E-state index in [9.17, 15) is 0 Å². The van der Waals surface area contributed by atoms with Crippen LogP contribution in [0.4, 0.5) is 0 Å². The SMILES string of the molecule is CC1C=C(I)C2=C1C=CCC2. The highest BCUT2D eigenvalue weighted by Gasteiger charge is 2.20. The highest BCUT2D eigenvalue weighted by atomic mass is 127. The Morgan fingerprint density at radius 3 is 3.09 bits per heavy atom. The molecule has 0 radical (unpaired) electrons. The lowest BCUT2D eigenvalue weighted by atomic mass is 9.95. The predicted octanol–water partition coefficient (Wildman–Crippen LogP) is 3.60. The zero-order valence-electron chi connectivity index (χ0n) is 6.60. The molecule has 58 valence electrons. The molecule has 0 nitrogen and oxygen atoms in total. The van der Waals surface area contributed by atoms with Crippen molar-refractivity contribution in [1.82, 2.24) is 0 Å². The minimum atomic E-state index is 0.661. The Labute approximate surface area is 81.2 Å². The van der Waals surface area contributed by atoms with Crippen LogP contribution in [0.25, 0.3) is 0 Å². The number of hydrogen-bond acceptors (Lipinski definition) is 0. The quantitative estimate of drug-likeness (QED) is 0.582. The van der Waals surface area contributed by atoms with Crippen molar-refractivity contribution in [3.63, 3.8) is 0 Å². The summed E-state index contributed by atoms with van der Waals surface area (Å²) in [5.41, 5.74) is 3.15. The third kappa shape index (κ3) is 1.19. The summed E-state index contributed by atoms with van der Waals surface area (Å²) in [5.74, 6) is 0.661. The summed E-state index contributed by atoms with van der Waals surface area (Å²) in [5, 5.41) is 0. The van der Waals surface area contributed by atoms with E-state index in [-0.39, 0.29) is 0 Å². The standard InChI is InChI=1S/C10H11I/c1-7-6-10(11)9-5-3-2-4-8(7)9/h2,4,6-7H,3,5H2,1H3. The van der Waals surface area contributed by atoms with Crippen LogP contribution in [0.5, 0.6) is 0 Å². The van der Waals surface area contributed by atoms with E-state index in [4.69, 9.17) is 0 Å². The van der Waals surface area contributed by atoms with Gasteiger partial charge in [0, 0.05) is 9.50 Å². The molecule has 0 saturated carbocycles. The van der Waals surface area contributed by atoms with Crippen molar-refractivity contribution in [1.29, 1.82) is 0 Å². The second-order valence-corrected chi connectivity index (χ2v) is 4.34. The van der Waals surface area contributed by atoms with Crippen LogP contribution in [0.2, 0.25) is 0 Å². The fourth-order valence-corrected chi connectivity index (χ4v) is 2.90. The summed E-state index contributed by atoms with van der Waals surface area (Å²) >= 11 is 2.45. The molecule has 0 bridgehead atoms. The molecular formula is C10H11I. The van der Waals surface area contributed by atoms with Gasteiger partial charge in [0.1, 0.15) is 0 Å². The molecule has 0 aromatic rings. The third-order valence-corrected chi connectivity index (χ3v) is 3.39. The van der Waals surface area contributed by atoms with Crippen LogP contribution >= 0.6 is 22.6 Å². The summed E-state index contributed by atoms with van der Waals surface area (Å²) in [4.78, 5) is 0. The molecule has 2 aliphatic carbocycles. The first-order chi connectivity index (χ1) is 5.29. The fraction of sp³-hybridized carbons (Fsp3) is 0.400. The van der Waals surface area contributed by atoms with E-state index in [0.29, 0.717) is 5.92 Å². The van der Waals surface area contributed by atoms with E-state index in [1.54, 1.807) is 11.1 Å². The Kier molecular flexibility index (Phi) is 1.91. The van der Waals surface area contributed by atoms with E-state index in [2.05, 4.69) is 47.7 Å². The number of halogens is 1. The van der Waals surface area contributed by atoms with E-state index in [0.717, 1.165) is 0 Å². The Balaban J connectivity index is 2.42. The molecule has 2 rings (SSSR count). The summed E-state index contributed by atoms with van der Waals surface area (Å²) < 4.78 is 1.48. The lowest BCUT2D eigenvalue weighted by Gasteiger charge is -2.11. The third-order valence-electron chi connectivity index (χ3n) is 2.38. The van der Waals surface area contributed by atoms with Gasteiger partial charge in [-0.15, -0.1) is 0 Å².